The quantitative estimate of drug-likeness (QED) is 0.509. The van der Waals surface area contributed by atoms with Crippen molar-refractivity contribution in [1.82, 2.24) is 0 Å². The van der Waals surface area contributed by atoms with E-state index in [-0.39, 0.29) is 0 Å². The topological polar surface area (TPSA) is 35.2 Å². The van der Waals surface area contributed by atoms with Crippen LogP contribution >= 0.6 is 34.7 Å². The molecule has 0 unspecified atom stereocenters. The van der Waals surface area contributed by atoms with E-state index in [2.05, 4.69) is 12.1 Å². The van der Waals surface area contributed by atoms with Crippen molar-refractivity contribution in [2.75, 3.05) is 12.8 Å². The second-order valence-electron chi connectivity index (χ2n) is 4.53. The molecule has 0 saturated carbocycles. The number of thioether (sulfide) groups is 1. The molecular weight excluding hydrogens is 322 g/mol. The molecule has 0 fully saturated rings. The summed E-state index contributed by atoms with van der Waals surface area (Å²) in [6.45, 7) is 0. The zero-order valence-electron chi connectivity index (χ0n) is 11.4. The van der Waals surface area contributed by atoms with Crippen LogP contribution in [0.25, 0.3) is 10.1 Å². The SMILES string of the molecule is COc1cc(N)ccc1SCc1sc2ccccc2c1Cl. The van der Waals surface area contributed by atoms with Gasteiger partial charge in [-0.05, 0) is 18.2 Å². The Kier molecular flexibility index (Phi) is 4.29. The van der Waals surface area contributed by atoms with Gasteiger partial charge < -0.3 is 10.5 Å². The van der Waals surface area contributed by atoms with Crippen LogP contribution in [-0.2, 0) is 5.75 Å². The lowest BCUT2D eigenvalue weighted by Gasteiger charge is -2.08. The van der Waals surface area contributed by atoms with Crippen LogP contribution in [0.3, 0.4) is 0 Å². The maximum absolute atomic E-state index is 6.47. The highest BCUT2D eigenvalue weighted by Gasteiger charge is 2.11. The Labute approximate surface area is 136 Å². The van der Waals surface area contributed by atoms with E-state index in [1.54, 1.807) is 30.2 Å². The minimum atomic E-state index is 0.705. The first-order valence-corrected chi connectivity index (χ1v) is 8.59. The Morgan fingerprint density at radius 3 is 2.81 bits per heavy atom. The maximum Gasteiger partial charge on any atom is 0.134 e. The predicted octanol–water partition coefficient (Wildman–Crippen LogP) is 5.44. The normalized spacial score (nSPS) is 11.0. The summed E-state index contributed by atoms with van der Waals surface area (Å²) in [5, 5.41) is 1.99. The largest absolute Gasteiger partial charge is 0.496 e. The van der Waals surface area contributed by atoms with Crippen LogP contribution in [0.15, 0.2) is 47.4 Å². The number of benzene rings is 2. The van der Waals surface area contributed by atoms with Gasteiger partial charge in [-0.1, -0.05) is 29.8 Å². The number of thiophene rings is 1. The Bertz CT molecular complexity index is 785. The fraction of sp³-hybridized carbons (Fsp3) is 0.125. The number of fused-ring (bicyclic) bond motifs is 1. The number of nitrogens with two attached hydrogens (primary N) is 1. The second kappa shape index (κ2) is 6.18. The first-order valence-electron chi connectivity index (χ1n) is 6.41. The summed E-state index contributed by atoms with van der Waals surface area (Å²) in [4.78, 5) is 2.25. The van der Waals surface area contributed by atoms with Crippen molar-refractivity contribution in [3.63, 3.8) is 0 Å². The lowest BCUT2D eigenvalue weighted by Crippen LogP contribution is -1.90. The zero-order chi connectivity index (χ0) is 14.8. The fourth-order valence-electron chi connectivity index (χ4n) is 2.10. The molecule has 1 heterocycles. The van der Waals surface area contributed by atoms with E-state index in [1.165, 1.54) is 9.58 Å². The van der Waals surface area contributed by atoms with E-state index in [0.29, 0.717) is 5.69 Å². The number of anilines is 1. The molecule has 0 saturated heterocycles. The van der Waals surface area contributed by atoms with E-state index in [0.717, 1.165) is 26.8 Å². The van der Waals surface area contributed by atoms with Gasteiger partial charge in [-0.25, -0.2) is 0 Å². The van der Waals surface area contributed by atoms with E-state index in [1.807, 2.05) is 30.3 Å². The van der Waals surface area contributed by atoms with E-state index in [9.17, 15) is 0 Å². The molecule has 0 atom stereocenters. The summed E-state index contributed by atoms with van der Waals surface area (Å²) in [6, 6.07) is 13.9. The van der Waals surface area contributed by atoms with E-state index >= 15 is 0 Å². The van der Waals surface area contributed by atoms with Crippen LogP contribution in [0, 0.1) is 0 Å². The van der Waals surface area contributed by atoms with Gasteiger partial charge in [0.1, 0.15) is 5.75 Å². The molecule has 21 heavy (non-hydrogen) atoms. The van der Waals surface area contributed by atoms with E-state index < -0.39 is 0 Å². The van der Waals surface area contributed by atoms with Crippen LogP contribution in [0.1, 0.15) is 4.88 Å². The molecule has 2 nitrogen and oxygen atoms in total. The summed E-state index contributed by atoms with van der Waals surface area (Å²) in [7, 11) is 1.66. The summed E-state index contributed by atoms with van der Waals surface area (Å²) in [5.74, 6) is 1.62. The minimum Gasteiger partial charge on any atom is -0.496 e. The van der Waals surface area contributed by atoms with Gasteiger partial charge in [0.05, 0.1) is 12.1 Å². The van der Waals surface area contributed by atoms with Gasteiger partial charge in [-0.15, -0.1) is 23.1 Å². The molecule has 0 bridgehead atoms. The molecule has 0 aliphatic rings. The molecule has 0 aliphatic heterocycles. The molecule has 0 radical (unpaired) electrons. The number of ether oxygens (including phenoxy) is 1. The monoisotopic (exact) mass is 335 g/mol. The Balaban J connectivity index is 1.85. The molecule has 3 rings (SSSR count). The number of halogens is 1. The number of hydrogen-bond acceptors (Lipinski definition) is 4. The average Bonchev–Trinajstić information content (AvgIpc) is 2.83. The van der Waals surface area contributed by atoms with Crippen LogP contribution in [-0.4, -0.2) is 7.11 Å². The van der Waals surface area contributed by atoms with Gasteiger partial charge in [0.15, 0.2) is 0 Å². The van der Waals surface area contributed by atoms with Gasteiger partial charge >= 0.3 is 0 Å². The molecule has 0 amide bonds. The van der Waals surface area contributed by atoms with Gasteiger partial charge in [0.25, 0.3) is 0 Å². The first kappa shape index (κ1) is 14.6. The van der Waals surface area contributed by atoms with Crippen molar-refractivity contribution in [3.8, 4) is 5.75 Å². The van der Waals surface area contributed by atoms with Crippen LogP contribution in [0.5, 0.6) is 5.75 Å². The molecule has 2 N–H and O–H groups in total. The lowest BCUT2D eigenvalue weighted by atomic mass is 10.2. The Hall–Kier alpha value is -1.36. The molecular formula is C16H14ClNOS2. The maximum atomic E-state index is 6.47. The van der Waals surface area contributed by atoms with Crippen molar-refractivity contribution < 1.29 is 4.74 Å². The summed E-state index contributed by atoms with van der Waals surface area (Å²) in [5.41, 5.74) is 6.48. The van der Waals surface area contributed by atoms with Crippen molar-refractivity contribution in [3.05, 3.63) is 52.4 Å². The second-order valence-corrected chi connectivity index (χ2v) is 7.07. The smallest absolute Gasteiger partial charge is 0.134 e. The van der Waals surface area contributed by atoms with Gasteiger partial charge in [0, 0.05) is 37.4 Å². The highest BCUT2D eigenvalue weighted by Crippen LogP contribution is 2.40. The summed E-state index contributed by atoms with van der Waals surface area (Å²) >= 11 is 9.92. The highest BCUT2D eigenvalue weighted by molar-refractivity contribution is 7.98. The molecule has 1 aromatic heterocycles. The molecule has 0 spiro atoms. The number of rotatable bonds is 4. The van der Waals surface area contributed by atoms with Gasteiger partial charge in [-0.3, -0.25) is 0 Å². The third-order valence-corrected chi connectivity index (χ3v) is 6.13. The molecule has 5 heteroatoms. The standard InChI is InChI=1S/C16H14ClNOS2/c1-19-12-8-10(18)6-7-14(12)20-9-15-16(17)11-4-2-3-5-13(11)21-15/h2-8H,9,18H2,1H3. The van der Waals surface area contributed by atoms with Crippen molar-refractivity contribution in [2.45, 2.75) is 10.6 Å². The number of methoxy groups -OCH3 is 1. The van der Waals surface area contributed by atoms with Crippen molar-refractivity contribution in [2.24, 2.45) is 0 Å². The van der Waals surface area contributed by atoms with Crippen molar-refractivity contribution in [1.29, 1.82) is 0 Å². The van der Waals surface area contributed by atoms with Crippen LogP contribution in [0.2, 0.25) is 5.02 Å². The summed E-state index contributed by atoms with van der Waals surface area (Å²) < 4.78 is 6.60. The molecule has 0 aliphatic carbocycles. The Morgan fingerprint density at radius 2 is 2.05 bits per heavy atom. The van der Waals surface area contributed by atoms with Crippen molar-refractivity contribution >= 4 is 50.5 Å². The molecule has 3 aromatic rings. The average molecular weight is 336 g/mol. The molecule has 2 aromatic carbocycles. The zero-order valence-corrected chi connectivity index (χ0v) is 13.8. The van der Waals surface area contributed by atoms with Crippen LogP contribution < -0.4 is 10.5 Å². The van der Waals surface area contributed by atoms with E-state index in [4.69, 9.17) is 22.1 Å². The number of nitrogen functional groups attached to an aromatic ring is 1. The first-order chi connectivity index (χ1) is 10.2. The number of hydrogen-bond donors (Lipinski definition) is 1. The highest BCUT2D eigenvalue weighted by atomic mass is 35.5. The predicted molar refractivity (Wildman–Crippen MR) is 93.8 cm³/mol. The third kappa shape index (κ3) is 2.98. The lowest BCUT2D eigenvalue weighted by molar-refractivity contribution is 0.405. The summed E-state index contributed by atoms with van der Waals surface area (Å²) in [6.07, 6.45) is 0. The van der Waals surface area contributed by atoms with Gasteiger partial charge in [-0.2, -0.15) is 0 Å². The van der Waals surface area contributed by atoms with Gasteiger partial charge in [0.2, 0.25) is 0 Å². The minimum absolute atomic E-state index is 0.705. The third-order valence-electron chi connectivity index (χ3n) is 3.15. The Morgan fingerprint density at radius 1 is 1.24 bits per heavy atom. The van der Waals surface area contributed by atoms with Crippen LogP contribution in [0.4, 0.5) is 5.69 Å². The molecule has 108 valence electrons. The fourth-order valence-corrected chi connectivity index (χ4v) is 4.77.